The molecular weight excluding hydrogens is 402 g/mol. The molecule has 0 radical (unpaired) electrons. The van der Waals surface area contributed by atoms with Crippen molar-refractivity contribution in [2.45, 2.75) is 26.4 Å². The van der Waals surface area contributed by atoms with E-state index in [1.54, 1.807) is 6.07 Å². The van der Waals surface area contributed by atoms with Crippen LogP contribution in [0.2, 0.25) is 0 Å². The smallest absolute Gasteiger partial charge is 0.252 e. The van der Waals surface area contributed by atoms with Crippen molar-refractivity contribution >= 4 is 22.7 Å². The first kappa shape index (κ1) is 20.2. The first-order chi connectivity index (χ1) is 15.5. The zero-order valence-electron chi connectivity index (χ0n) is 18.2. The summed E-state index contributed by atoms with van der Waals surface area (Å²) in [5.41, 5.74) is 10.5. The van der Waals surface area contributed by atoms with Crippen molar-refractivity contribution in [2.75, 3.05) is 18.9 Å². The molecule has 0 bridgehead atoms. The van der Waals surface area contributed by atoms with Crippen LogP contribution in [-0.4, -0.2) is 34.4 Å². The number of hydrogen-bond donors (Lipinski definition) is 2. The Morgan fingerprint density at radius 1 is 1.16 bits per heavy atom. The van der Waals surface area contributed by atoms with Crippen LogP contribution in [0.15, 0.2) is 52.9 Å². The van der Waals surface area contributed by atoms with Gasteiger partial charge in [-0.3, -0.25) is 4.79 Å². The molecule has 0 saturated carbocycles. The van der Waals surface area contributed by atoms with Crippen molar-refractivity contribution in [1.29, 1.82) is 0 Å². The van der Waals surface area contributed by atoms with Crippen LogP contribution in [-0.2, 0) is 19.5 Å². The van der Waals surface area contributed by atoms with Crippen molar-refractivity contribution in [1.82, 2.24) is 14.9 Å². The molecule has 0 fully saturated rings. The number of rotatable bonds is 5. The monoisotopic (exact) mass is 427 g/mol. The second-order valence-corrected chi connectivity index (χ2v) is 8.23. The van der Waals surface area contributed by atoms with Gasteiger partial charge in [-0.15, -0.1) is 0 Å². The number of nitrogens with one attached hydrogen (secondary N) is 1. The molecule has 2 aromatic carbocycles. The number of nitrogens with two attached hydrogens (primary N) is 1. The molecule has 3 N–H and O–H groups in total. The molecule has 0 unspecified atom stereocenters. The molecule has 1 aliphatic rings. The molecule has 1 aliphatic heterocycles. The number of carbonyl (C=O) groups is 1. The van der Waals surface area contributed by atoms with Gasteiger partial charge in [-0.05, 0) is 25.6 Å². The number of hydrogen-bond acceptors (Lipinski definition) is 6. The molecule has 7 nitrogen and oxygen atoms in total. The Kier molecular flexibility index (Phi) is 5.11. The number of fused-ring (bicyclic) bond motifs is 2. The number of para-hydroxylation sites is 1. The van der Waals surface area contributed by atoms with E-state index in [-0.39, 0.29) is 0 Å². The third-order valence-corrected chi connectivity index (χ3v) is 5.93. The van der Waals surface area contributed by atoms with Crippen molar-refractivity contribution in [2.24, 2.45) is 5.73 Å². The van der Waals surface area contributed by atoms with Crippen molar-refractivity contribution in [3.63, 3.8) is 0 Å². The first-order valence-electron chi connectivity index (χ1n) is 10.7. The van der Waals surface area contributed by atoms with Gasteiger partial charge in [0.2, 0.25) is 0 Å². The summed E-state index contributed by atoms with van der Waals surface area (Å²) in [6.45, 7) is 4.28. The zero-order chi connectivity index (χ0) is 22.2. The molecule has 32 heavy (non-hydrogen) atoms. The van der Waals surface area contributed by atoms with Crippen LogP contribution in [0, 0.1) is 6.92 Å². The van der Waals surface area contributed by atoms with Crippen LogP contribution in [0.5, 0.6) is 0 Å². The van der Waals surface area contributed by atoms with Gasteiger partial charge in [0, 0.05) is 37.0 Å². The van der Waals surface area contributed by atoms with Gasteiger partial charge in [-0.2, -0.15) is 0 Å². The summed E-state index contributed by atoms with van der Waals surface area (Å²) in [6.07, 6.45) is 0.850. The van der Waals surface area contributed by atoms with E-state index >= 15 is 0 Å². The van der Waals surface area contributed by atoms with Crippen LogP contribution in [0.1, 0.15) is 32.9 Å². The minimum atomic E-state index is -0.518. The maximum atomic E-state index is 11.9. The van der Waals surface area contributed by atoms with Gasteiger partial charge in [-0.1, -0.05) is 42.5 Å². The fourth-order valence-electron chi connectivity index (χ4n) is 4.30. The van der Waals surface area contributed by atoms with Crippen LogP contribution in [0.3, 0.4) is 0 Å². The lowest BCUT2D eigenvalue weighted by molar-refractivity contribution is 0.100. The summed E-state index contributed by atoms with van der Waals surface area (Å²) in [5.74, 6) is 1.58. The summed E-state index contributed by atoms with van der Waals surface area (Å²) >= 11 is 0. The van der Waals surface area contributed by atoms with E-state index in [0.717, 1.165) is 47.5 Å². The minimum absolute atomic E-state index is 0.360. The molecule has 162 valence electrons. The highest BCUT2D eigenvalue weighted by molar-refractivity contribution is 6.07. The number of carbonyl (C=O) groups excluding carboxylic acids is 1. The lowest BCUT2D eigenvalue weighted by atomic mass is 10.0. The number of nitrogens with zero attached hydrogens (tertiary/aromatic N) is 3. The highest BCUT2D eigenvalue weighted by Gasteiger charge is 2.24. The number of furan rings is 1. The van der Waals surface area contributed by atoms with Crippen molar-refractivity contribution < 1.29 is 9.21 Å². The number of aryl methyl sites for hydroxylation is 1. The summed E-state index contributed by atoms with van der Waals surface area (Å²) in [4.78, 5) is 24.0. The van der Waals surface area contributed by atoms with E-state index in [1.807, 2.05) is 37.3 Å². The van der Waals surface area contributed by atoms with Crippen LogP contribution >= 0.6 is 0 Å². The molecule has 2 aromatic heterocycles. The molecule has 0 aliphatic carbocycles. The second kappa shape index (κ2) is 8.09. The first-order valence-corrected chi connectivity index (χ1v) is 10.7. The highest BCUT2D eigenvalue weighted by Crippen LogP contribution is 2.36. The number of benzene rings is 2. The van der Waals surface area contributed by atoms with Crippen LogP contribution in [0.25, 0.3) is 22.4 Å². The SMILES string of the molecule is Cc1oc2c(C(N)=O)cccc2c1-c1nc2c(c(NCc3ccccc3)n1)CN(C)CC2. The van der Waals surface area contributed by atoms with E-state index in [2.05, 4.69) is 29.4 Å². The third-order valence-electron chi connectivity index (χ3n) is 5.93. The fraction of sp³-hybridized carbons (Fsp3) is 0.240. The number of anilines is 1. The quantitative estimate of drug-likeness (QED) is 0.501. The largest absolute Gasteiger partial charge is 0.460 e. The summed E-state index contributed by atoms with van der Waals surface area (Å²) in [6, 6.07) is 15.7. The number of primary amides is 1. The number of amides is 1. The number of aromatic nitrogens is 2. The Morgan fingerprint density at radius 3 is 2.75 bits per heavy atom. The molecule has 0 spiro atoms. The lowest BCUT2D eigenvalue weighted by Gasteiger charge is -2.26. The normalized spacial score (nSPS) is 13.8. The Bertz CT molecular complexity index is 1310. The Hall–Kier alpha value is -3.71. The topological polar surface area (TPSA) is 97.3 Å². The van der Waals surface area contributed by atoms with Gasteiger partial charge in [0.05, 0.1) is 16.8 Å². The number of likely N-dealkylation sites (N-methyl/N-ethyl adjacent to an activating group) is 1. The van der Waals surface area contributed by atoms with E-state index in [1.165, 1.54) is 5.56 Å². The second-order valence-electron chi connectivity index (χ2n) is 8.23. The van der Waals surface area contributed by atoms with Gasteiger partial charge in [0.25, 0.3) is 5.91 Å². The van der Waals surface area contributed by atoms with E-state index in [4.69, 9.17) is 20.1 Å². The van der Waals surface area contributed by atoms with Gasteiger partial charge in [0.1, 0.15) is 17.2 Å². The van der Waals surface area contributed by atoms with Crippen LogP contribution < -0.4 is 11.1 Å². The van der Waals surface area contributed by atoms with Gasteiger partial charge >= 0.3 is 0 Å². The average Bonchev–Trinajstić information content (AvgIpc) is 3.13. The molecule has 7 heteroatoms. The van der Waals surface area contributed by atoms with E-state index < -0.39 is 5.91 Å². The molecular formula is C25H25N5O2. The van der Waals surface area contributed by atoms with Gasteiger partial charge in [0.15, 0.2) is 5.82 Å². The Morgan fingerprint density at radius 2 is 1.97 bits per heavy atom. The molecule has 4 aromatic rings. The molecule has 3 heterocycles. The van der Waals surface area contributed by atoms with Crippen LogP contribution in [0.4, 0.5) is 5.82 Å². The average molecular weight is 428 g/mol. The van der Waals surface area contributed by atoms with Gasteiger partial charge in [-0.25, -0.2) is 9.97 Å². The van der Waals surface area contributed by atoms with E-state index in [0.29, 0.717) is 29.3 Å². The summed E-state index contributed by atoms with van der Waals surface area (Å²) in [5, 5.41) is 4.32. The summed E-state index contributed by atoms with van der Waals surface area (Å²) in [7, 11) is 2.11. The maximum absolute atomic E-state index is 11.9. The molecule has 1 amide bonds. The predicted molar refractivity (Wildman–Crippen MR) is 124 cm³/mol. The maximum Gasteiger partial charge on any atom is 0.252 e. The predicted octanol–water partition coefficient (Wildman–Crippen LogP) is 3.90. The van der Waals surface area contributed by atoms with E-state index in [9.17, 15) is 4.79 Å². The lowest BCUT2D eigenvalue weighted by Crippen LogP contribution is -2.29. The zero-order valence-corrected chi connectivity index (χ0v) is 18.2. The van der Waals surface area contributed by atoms with Crippen molar-refractivity contribution in [3.05, 3.63) is 76.7 Å². The fourth-order valence-corrected chi connectivity index (χ4v) is 4.30. The Labute approximate surface area is 186 Å². The molecule has 0 atom stereocenters. The molecule has 0 saturated heterocycles. The standard InChI is InChI=1S/C25H25N5O2/c1-15-21(17-9-6-10-18(23(26)31)22(17)32-15)25-28-20-11-12-30(2)14-19(20)24(29-25)27-13-16-7-4-3-5-8-16/h3-10H,11-14H2,1-2H3,(H2,26,31)(H,27,28,29). The summed E-state index contributed by atoms with van der Waals surface area (Å²) < 4.78 is 5.97. The minimum Gasteiger partial charge on any atom is -0.460 e. The highest BCUT2D eigenvalue weighted by atomic mass is 16.3. The third kappa shape index (κ3) is 3.61. The van der Waals surface area contributed by atoms with Gasteiger partial charge < -0.3 is 20.4 Å². The molecule has 5 rings (SSSR count). The van der Waals surface area contributed by atoms with Crippen molar-refractivity contribution in [3.8, 4) is 11.4 Å². The Balaban J connectivity index is 1.63.